The molecule has 0 amide bonds. The van der Waals surface area contributed by atoms with Crippen molar-refractivity contribution in [2.45, 2.75) is 0 Å². The molecular weight excluding hydrogens is 663 g/mol. The zero-order valence-corrected chi connectivity index (χ0v) is 28.9. The second-order valence-electron chi connectivity index (χ2n) is 13.6. The number of benzene rings is 8. The highest BCUT2D eigenvalue weighted by atomic mass is 16.3. The maximum absolute atomic E-state index is 6.73. The van der Waals surface area contributed by atoms with Crippen molar-refractivity contribution in [3.8, 4) is 56.4 Å². The van der Waals surface area contributed by atoms with Gasteiger partial charge in [-0.1, -0.05) is 152 Å². The molecule has 54 heavy (non-hydrogen) atoms. The number of nitrogens with zero attached hydrogens (tertiary/aromatic N) is 3. The molecule has 5 nitrogen and oxygen atoms in total. The van der Waals surface area contributed by atoms with Crippen LogP contribution >= 0.6 is 0 Å². The van der Waals surface area contributed by atoms with E-state index in [4.69, 9.17) is 23.8 Å². The van der Waals surface area contributed by atoms with Gasteiger partial charge in [0.1, 0.15) is 22.3 Å². The minimum Gasteiger partial charge on any atom is -0.455 e. The molecule has 0 N–H and O–H groups in total. The molecule has 252 valence electrons. The van der Waals surface area contributed by atoms with E-state index >= 15 is 0 Å². The fraction of sp³-hybridized carbons (Fsp3) is 0. The Hall–Kier alpha value is -7.37. The molecule has 0 aliphatic heterocycles. The van der Waals surface area contributed by atoms with E-state index in [9.17, 15) is 0 Å². The van der Waals surface area contributed by atoms with Crippen molar-refractivity contribution in [1.82, 2.24) is 15.0 Å². The second-order valence-corrected chi connectivity index (χ2v) is 13.6. The zero-order chi connectivity index (χ0) is 35.6. The normalized spacial score (nSPS) is 11.7. The van der Waals surface area contributed by atoms with Gasteiger partial charge >= 0.3 is 0 Å². The fourth-order valence-electron chi connectivity index (χ4n) is 7.74. The highest BCUT2D eigenvalue weighted by molar-refractivity contribution is 6.17. The molecule has 0 bridgehead atoms. The van der Waals surface area contributed by atoms with Crippen LogP contribution in [0.5, 0.6) is 0 Å². The van der Waals surface area contributed by atoms with E-state index < -0.39 is 0 Å². The van der Waals surface area contributed by atoms with Gasteiger partial charge in [0.15, 0.2) is 17.5 Å². The summed E-state index contributed by atoms with van der Waals surface area (Å²) >= 11 is 0. The van der Waals surface area contributed by atoms with E-state index in [1.165, 1.54) is 11.1 Å². The molecule has 3 aromatic heterocycles. The van der Waals surface area contributed by atoms with Crippen molar-refractivity contribution in [2.75, 3.05) is 0 Å². The lowest BCUT2D eigenvalue weighted by atomic mass is 9.98. The SMILES string of the molecule is c1ccc(-c2ccc3cc(-c4nc(-c5ccccc5)nc(-c5cccc6oc7c(-c8cccc9c8oc8ccccc89)cccc7c56)n4)ccc3c2)cc1. The monoisotopic (exact) mass is 691 g/mol. The number of rotatable bonds is 5. The van der Waals surface area contributed by atoms with Crippen molar-refractivity contribution < 1.29 is 8.83 Å². The Labute approximate surface area is 309 Å². The van der Waals surface area contributed by atoms with Gasteiger partial charge in [-0.05, 0) is 46.2 Å². The Morgan fingerprint density at radius 2 is 0.833 bits per heavy atom. The summed E-state index contributed by atoms with van der Waals surface area (Å²) in [5.41, 5.74) is 10.3. The summed E-state index contributed by atoms with van der Waals surface area (Å²) in [5.74, 6) is 1.79. The summed E-state index contributed by atoms with van der Waals surface area (Å²) in [5, 5.41) is 6.38. The van der Waals surface area contributed by atoms with Crippen LogP contribution in [0.15, 0.2) is 185 Å². The topological polar surface area (TPSA) is 65.0 Å². The number of aromatic nitrogens is 3. The first kappa shape index (κ1) is 30.3. The van der Waals surface area contributed by atoms with Crippen molar-refractivity contribution in [3.63, 3.8) is 0 Å². The van der Waals surface area contributed by atoms with E-state index in [-0.39, 0.29) is 0 Å². The van der Waals surface area contributed by atoms with Gasteiger partial charge in [-0.3, -0.25) is 0 Å². The molecule has 0 saturated heterocycles. The average molecular weight is 692 g/mol. The van der Waals surface area contributed by atoms with Gasteiger partial charge in [-0.2, -0.15) is 0 Å². The van der Waals surface area contributed by atoms with Gasteiger partial charge in [0, 0.05) is 49.4 Å². The van der Waals surface area contributed by atoms with Crippen LogP contribution in [-0.4, -0.2) is 15.0 Å². The van der Waals surface area contributed by atoms with E-state index in [0.29, 0.717) is 17.5 Å². The molecule has 11 aromatic rings. The molecular formula is C49H29N3O2. The summed E-state index contributed by atoms with van der Waals surface area (Å²) in [6.07, 6.45) is 0. The summed E-state index contributed by atoms with van der Waals surface area (Å²) < 4.78 is 13.2. The third kappa shape index (κ3) is 4.90. The fourth-order valence-corrected chi connectivity index (χ4v) is 7.74. The standard InChI is InChI=1S/C49H29N3O2/c1-3-12-30(13-4-1)32-24-25-34-29-35(27-26-33(34)28-32)48-50-47(31-14-5-2-6-15-31)51-49(52-48)41-21-11-23-43-44(41)40-20-10-19-39(46(40)54-43)38-18-9-17-37-36-16-7-8-22-42(36)53-45(37)38/h1-29H. The highest BCUT2D eigenvalue weighted by Crippen LogP contribution is 2.43. The lowest BCUT2D eigenvalue weighted by molar-refractivity contribution is 0.665. The molecule has 0 aliphatic carbocycles. The molecule has 0 radical (unpaired) electrons. The van der Waals surface area contributed by atoms with Gasteiger partial charge in [-0.25, -0.2) is 15.0 Å². The Morgan fingerprint density at radius 1 is 0.315 bits per heavy atom. The molecule has 5 heteroatoms. The van der Waals surface area contributed by atoms with E-state index in [0.717, 1.165) is 82.5 Å². The van der Waals surface area contributed by atoms with Crippen LogP contribution in [0.2, 0.25) is 0 Å². The van der Waals surface area contributed by atoms with E-state index in [2.05, 4.69) is 109 Å². The molecule has 0 atom stereocenters. The Balaban J connectivity index is 1.09. The van der Waals surface area contributed by atoms with Crippen LogP contribution in [-0.2, 0) is 0 Å². The lowest BCUT2D eigenvalue weighted by Gasteiger charge is -2.10. The molecule has 0 spiro atoms. The Kier molecular flexibility index (Phi) is 6.79. The predicted octanol–water partition coefficient (Wildman–Crippen LogP) is 13.2. The van der Waals surface area contributed by atoms with Crippen molar-refractivity contribution in [3.05, 3.63) is 176 Å². The molecule has 11 rings (SSSR count). The lowest BCUT2D eigenvalue weighted by Crippen LogP contribution is -2.00. The summed E-state index contributed by atoms with van der Waals surface area (Å²) in [4.78, 5) is 15.3. The first-order chi connectivity index (χ1) is 26.7. The smallest absolute Gasteiger partial charge is 0.164 e. The summed E-state index contributed by atoms with van der Waals surface area (Å²) in [6, 6.07) is 60.4. The summed E-state index contributed by atoms with van der Waals surface area (Å²) in [7, 11) is 0. The number of hydrogen-bond acceptors (Lipinski definition) is 5. The van der Waals surface area contributed by atoms with Crippen LogP contribution in [0.1, 0.15) is 0 Å². The number of hydrogen-bond donors (Lipinski definition) is 0. The Bertz CT molecular complexity index is 3220. The number of fused-ring (bicyclic) bond motifs is 7. The second kappa shape index (κ2) is 12.1. The molecule has 8 aromatic carbocycles. The maximum atomic E-state index is 6.73. The van der Waals surface area contributed by atoms with E-state index in [1.807, 2.05) is 66.7 Å². The molecule has 3 heterocycles. The van der Waals surface area contributed by atoms with Crippen LogP contribution in [0.3, 0.4) is 0 Å². The largest absolute Gasteiger partial charge is 0.455 e. The third-order valence-electron chi connectivity index (χ3n) is 10.3. The number of furan rings is 2. The molecule has 0 unspecified atom stereocenters. The maximum Gasteiger partial charge on any atom is 0.164 e. The third-order valence-corrected chi connectivity index (χ3v) is 10.3. The van der Waals surface area contributed by atoms with Crippen LogP contribution in [0, 0.1) is 0 Å². The van der Waals surface area contributed by atoms with Crippen molar-refractivity contribution in [1.29, 1.82) is 0 Å². The predicted molar refractivity (Wildman–Crippen MR) is 219 cm³/mol. The van der Waals surface area contributed by atoms with Crippen molar-refractivity contribution >= 4 is 54.6 Å². The highest BCUT2D eigenvalue weighted by Gasteiger charge is 2.21. The van der Waals surface area contributed by atoms with E-state index in [1.54, 1.807) is 0 Å². The van der Waals surface area contributed by atoms with Gasteiger partial charge in [0.05, 0.1) is 0 Å². The average Bonchev–Trinajstić information content (AvgIpc) is 3.83. The van der Waals surface area contributed by atoms with Crippen LogP contribution in [0.4, 0.5) is 0 Å². The first-order valence-corrected chi connectivity index (χ1v) is 18.0. The summed E-state index contributed by atoms with van der Waals surface area (Å²) in [6.45, 7) is 0. The first-order valence-electron chi connectivity index (χ1n) is 18.0. The van der Waals surface area contributed by atoms with Gasteiger partial charge in [0.25, 0.3) is 0 Å². The minimum atomic E-state index is 0.580. The zero-order valence-electron chi connectivity index (χ0n) is 28.9. The quantitative estimate of drug-likeness (QED) is 0.180. The van der Waals surface area contributed by atoms with Gasteiger partial charge < -0.3 is 8.83 Å². The van der Waals surface area contributed by atoms with Crippen LogP contribution < -0.4 is 0 Å². The molecule has 0 fully saturated rings. The minimum absolute atomic E-state index is 0.580. The number of para-hydroxylation sites is 3. The Morgan fingerprint density at radius 3 is 1.61 bits per heavy atom. The van der Waals surface area contributed by atoms with Gasteiger partial charge in [-0.15, -0.1) is 0 Å². The molecule has 0 aliphatic rings. The molecule has 0 saturated carbocycles. The van der Waals surface area contributed by atoms with Crippen molar-refractivity contribution in [2.24, 2.45) is 0 Å². The van der Waals surface area contributed by atoms with Crippen LogP contribution in [0.25, 0.3) is 111 Å². The van der Waals surface area contributed by atoms with Gasteiger partial charge in [0.2, 0.25) is 0 Å².